The average molecular weight is 436 g/mol. The van der Waals surface area contributed by atoms with Crippen molar-refractivity contribution < 1.29 is 57.4 Å². The Morgan fingerprint density at radius 2 is 0.833 bits per heavy atom. The Kier molecular flexibility index (Phi) is 9.14. The molecule has 10 N–H and O–H groups in total. The topological polar surface area (TPSA) is 254 Å². The molecular formula is C6H20N2O12P4. The molecule has 0 aromatic rings. The maximum absolute atomic E-state index is 11.1. The highest BCUT2D eigenvalue weighted by Crippen LogP contribution is 2.48. The van der Waals surface area contributed by atoms with Crippen LogP contribution in [0, 0.1) is 0 Å². The van der Waals surface area contributed by atoms with Gasteiger partial charge in [-0.05, 0) is 0 Å². The second-order valence-corrected chi connectivity index (χ2v) is 11.8. The van der Waals surface area contributed by atoms with Crippen molar-refractivity contribution in [2.45, 2.75) is 11.6 Å². The third kappa shape index (κ3) is 12.0. The van der Waals surface area contributed by atoms with E-state index in [1.54, 1.807) is 0 Å². The quantitative estimate of drug-likeness (QED) is 0.119. The van der Waals surface area contributed by atoms with Gasteiger partial charge in [0.05, 0.1) is 12.3 Å². The van der Waals surface area contributed by atoms with E-state index >= 15 is 0 Å². The molecule has 0 aromatic carbocycles. The third-order valence-corrected chi connectivity index (χ3v) is 7.13. The first-order chi connectivity index (χ1) is 10.4. The van der Waals surface area contributed by atoms with Gasteiger partial charge in [-0.3, -0.25) is 18.3 Å². The van der Waals surface area contributed by atoms with E-state index in [-0.39, 0.29) is 0 Å². The van der Waals surface area contributed by atoms with Gasteiger partial charge in [0, 0.05) is 13.1 Å². The molecule has 2 atom stereocenters. The van der Waals surface area contributed by atoms with E-state index < -0.39 is 67.4 Å². The van der Waals surface area contributed by atoms with Gasteiger partial charge in [-0.2, -0.15) is 0 Å². The highest BCUT2D eigenvalue weighted by Gasteiger charge is 2.36. The Balaban J connectivity index is 4.70. The van der Waals surface area contributed by atoms with Gasteiger partial charge in [0.15, 0.2) is 0 Å². The Morgan fingerprint density at radius 1 is 0.583 bits per heavy atom. The molecule has 0 rings (SSSR count). The minimum absolute atomic E-state index is 0.395. The van der Waals surface area contributed by atoms with Crippen molar-refractivity contribution in [1.29, 1.82) is 0 Å². The van der Waals surface area contributed by atoms with E-state index in [0.717, 1.165) is 0 Å². The molecule has 14 nitrogen and oxygen atoms in total. The Labute approximate surface area is 136 Å². The lowest BCUT2D eigenvalue weighted by atomic mass is 10.5. The van der Waals surface area contributed by atoms with Crippen molar-refractivity contribution in [3.05, 3.63) is 0 Å². The summed E-state index contributed by atoms with van der Waals surface area (Å²) in [6, 6.07) is 0. The number of rotatable bonds is 11. The predicted molar refractivity (Wildman–Crippen MR) is 81.5 cm³/mol. The summed E-state index contributed by atoms with van der Waals surface area (Å²) in [5.74, 6) is -3.79. The molecule has 0 saturated heterocycles. The van der Waals surface area contributed by atoms with E-state index in [0.29, 0.717) is 0 Å². The van der Waals surface area contributed by atoms with Gasteiger partial charge in [0.2, 0.25) is 0 Å². The SMILES string of the molecule is O=P(O)(O)CC(NCCNC(CP(=O)(O)O)P(=O)(O)O)P(=O)(O)O. The fourth-order valence-electron chi connectivity index (χ4n) is 1.51. The molecule has 0 aliphatic rings. The van der Waals surface area contributed by atoms with Crippen molar-refractivity contribution in [2.24, 2.45) is 0 Å². The fraction of sp³-hybridized carbons (Fsp3) is 1.00. The minimum atomic E-state index is -4.91. The van der Waals surface area contributed by atoms with E-state index in [2.05, 4.69) is 10.6 Å². The van der Waals surface area contributed by atoms with Crippen molar-refractivity contribution in [2.75, 3.05) is 25.4 Å². The molecule has 0 radical (unpaired) electrons. The zero-order valence-electron chi connectivity index (χ0n) is 12.0. The Morgan fingerprint density at radius 3 is 1.00 bits per heavy atom. The van der Waals surface area contributed by atoms with Crippen molar-refractivity contribution in [3.63, 3.8) is 0 Å². The molecule has 0 spiro atoms. The van der Waals surface area contributed by atoms with Gasteiger partial charge in [-0.15, -0.1) is 0 Å². The first-order valence-corrected chi connectivity index (χ1v) is 13.0. The Bertz CT molecular complexity index is 534. The van der Waals surface area contributed by atoms with Gasteiger partial charge < -0.3 is 49.8 Å². The average Bonchev–Trinajstić information content (AvgIpc) is 2.25. The zero-order chi connectivity index (χ0) is 19.4. The molecule has 0 bridgehead atoms. The van der Waals surface area contributed by atoms with E-state index in [1.807, 2.05) is 0 Å². The lowest BCUT2D eigenvalue weighted by Crippen LogP contribution is -2.41. The molecule has 0 fully saturated rings. The highest BCUT2D eigenvalue weighted by atomic mass is 31.2. The monoisotopic (exact) mass is 436 g/mol. The maximum atomic E-state index is 11.1. The molecule has 0 aromatic heterocycles. The summed E-state index contributed by atoms with van der Waals surface area (Å²) in [6.45, 7) is -0.791. The van der Waals surface area contributed by atoms with Crippen LogP contribution in [0.1, 0.15) is 0 Å². The molecule has 0 aliphatic carbocycles. The van der Waals surface area contributed by atoms with E-state index in [9.17, 15) is 18.3 Å². The summed E-state index contributed by atoms with van der Waals surface area (Å²) in [5.41, 5.74) is 0. The highest BCUT2D eigenvalue weighted by molar-refractivity contribution is 7.57. The largest absolute Gasteiger partial charge is 0.342 e. The predicted octanol–water partition coefficient (Wildman–Crippen LogP) is -2.47. The summed E-state index contributed by atoms with van der Waals surface area (Å²) < 4.78 is 43.9. The summed E-state index contributed by atoms with van der Waals surface area (Å²) in [7, 11) is -19.3. The second-order valence-electron chi connectivity index (χ2n) is 4.81. The summed E-state index contributed by atoms with van der Waals surface area (Å²) in [5, 5.41) is 4.24. The molecule has 0 saturated carbocycles. The Hall–Kier alpha value is 0.520. The van der Waals surface area contributed by atoms with Crippen LogP contribution in [0.3, 0.4) is 0 Å². The van der Waals surface area contributed by atoms with Gasteiger partial charge in [0.25, 0.3) is 0 Å². The molecular weight excluding hydrogens is 416 g/mol. The van der Waals surface area contributed by atoms with Crippen LogP contribution >= 0.6 is 30.4 Å². The van der Waals surface area contributed by atoms with Crippen LogP contribution in [0.5, 0.6) is 0 Å². The van der Waals surface area contributed by atoms with Crippen LogP contribution in [0.25, 0.3) is 0 Å². The van der Waals surface area contributed by atoms with Gasteiger partial charge >= 0.3 is 30.4 Å². The molecule has 0 aliphatic heterocycles. The van der Waals surface area contributed by atoms with Crippen LogP contribution in [-0.2, 0) is 18.3 Å². The molecule has 18 heteroatoms. The summed E-state index contributed by atoms with van der Waals surface area (Å²) in [6.07, 6.45) is -2.33. The van der Waals surface area contributed by atoms with E-state index in [4.69, 9.17) is 39.1 Å². The van der Waals surface area contributed by atoms with Gasteiger partial charge in [0.1, 0.15) is 11.6 Å². The van der Waals surface area contributed by atoms with Gasteiger partial charge in [-0.1, -0.05) is 0 Å². The summed E-state index contributed by atoms with van der Waals surface area (Å²) >= 11 is 0. The molecule has 2 unspecified atom stereocenters. The number of hydrogen-bond acceptors (Lipinski definition) is 6. The smallest absolute Gasteiger partial charge is 0.324 e. The van der Waals surface area contributed by atoms with Gasteiger partial charge in [-0.25, -0.2) is 0 Å². The first-order valence-electron chi connectivity index (χ1n) is 6.08. The summed E-state index contributed by atoms with van der Waals surface area (Å²) in [4.78, 5) is 71.0. The number of hydrogen-bond donors (Lipinski definition) is 10. The standard InChI is InChI=1S/C6H20N2O12P4/c9-21(10,11)3-5(23(15,16)17)7-1-2-8-6(24(18,19)20)4-22(12,13)14/h5-8H,1-4H2,(H2,9,10,11)(H2,12,13,14)(H2,15,16,17)(H2,18,19,20). The lowest BCUT2D eigenvalue weighted by Gasteiger charge is -2.23. The normalized spacial score (nSPS) is 16.8. The molecule has 0 heterocycles. The van der Waals surface area contributed by atoms with Crippen LogP contribution in [0.2, 0.25) is 0 Å². The van der Waals surface area contributed by atoms with Crippen molar-refractivity contribution in [1.82, 2.24) is 10.6 Å². The lowest BCUT2D eigenvalue weighted by molar-refractivity contribution is 0.330. The first kappa shape index (κ1) is 24.5. The molecule has 0 amide bonds. The number of nitrogens with one attached hydrogen (secondary N) is 2. The minimum Gasteiger partial charge on any atom is -0.324 e. The van der Waals surface area contributed by atoms with Crippen LogP contribution < -0.4 is 10.6 Å². The molecule has 24 heavy (non-hydrogen) atoms. The second kappa shape index (κ2) is 8.94. The fourth-order valence-corrected chi connectivity index (χ4v) is 6.38. The van der Waals surface area contributed by atoms with Crippen molar-refractivity contribution in [3.8, 4) is 0 Å². The van der Waals surface area contributed by atoms with Crippen LogP contribution in [-0.4, -0.2) is 76.1 Å². The third-order valence-electron chi connectivity index (χ3n) is 2.52. The molecule has 146 valence electrons. The van der Waals surface area contributed by atoms with Crippen molar-refractivity contribution >= 4 is 30.4 Å². The maximum Gasteiger partial charge on any atom is 0.342 e. The zero-order valence-corrected chi connectivity index (χ0v) is 15.6. The van der Waals surface area contributed by atoms with Crippen LogP contribution in [0.15, 0.2) is 0 Å². The van der Waals surface area contributed by atoms with Crippen LogP contribution in [0.4, 0.5) is 0 Å². The van der Waals surface area contributed by atoms with E-state index in [1.165, 1.54) is 0 Å².